The zero-order chi connectivity index (χ0) is 14.8. The maximum atomic E-state index is 14.0. The van der Waals surface area contributed by atoms with Gasteiger partial charge >= 0.3 is 0 Å². The largest absolute Gasteiger partial charge is 0.207 e. The third-order valence-electron chi connectivity index (χ3n) is 2.95. The molecule has 0 N–H and O–H groups in total. The van der Waals surface area contributed by atoms with Gasteiger partial charge in [0.05, 0.1) is 5.02 Å². The highest BCUT2D eigenvalue weighted by Crippen LogP contribution is 2.38. The number of rotatable bonds is 4. The van der Waals surface area contributed by atoms with Crippen LogP contribution in [0.1, 0.15) is 50.9 Å². The molecule has 0 heterocycles. The van der Waals surface area contributed by atoms with E-state index >= 15 is 0 Å². The summed E-state index contributed by atoms with van der Waals surface area (Å²) in [6.45, 7) is 8.88. The fourth-order valence-electron chi connectivity index (χ4n) is 2.39. The van der Waals surface area contributed by atoms with Crippen molar-refractivity contribution < 1.29 is 4.39 Å². The summed E-state index contributed by atoms with van der Waals surface area (Å²) in [5.41, 5.74) is 0.927. The zero-order valence-corrected chi connectivity index (χ0v) is 15.7. The highest BCUT2D eigenvalue weighted by molar-refractivity contribution is 9.10. The molecule has 0 saturated carbocycles. The van der Waals surface area contributed by atoms with Gasteiger partial charge in [-0.05, 0) is 52.2 Å². The summed E-state index contributed by atoms with van der Waals surface area (Å²) in [6.07, 6.45) is 2.01. The SMILES string of the molecule is CC(CC(Br)c1cc(Cl)c(Br)cc1F)CC(C)(C)C. The lowest BCUT2D eigenvalue weighted by molar-refractivity contribution is 0.296. The molecule has 1 rings (SSSR count). The number of halogens is 4. The third kappa shape index (κ3) is 5.73. The van der Waals surface area contributed by atoms with E-state index in [4.69, 9.17) is 11.6 Å². The van der Waals surface area contributed by atoms with Crippen LogP contribution in [0.3, 0.4) is 0 Å². The first-order chi connectivity index (χ1) is 8.60. The van der Waals surface area contributed by atoms with Crippen LogP contribution in [0.5, 0.6) is 0 Å². The minimum Gasteiger partial charge on any atom is -0.207 e. The summed E-state index contributed by atoms with van der Waals surface area (Å²) in [4.78, 5) is -0.00421. The number of benzene rings is 1. The molecular formula is C15H20Br2ClF. The van der Waals surface area contributed by atoms with Gasteiger partial charge in [0.2, 0.25) is 0 Å². The minimum atomic E-state index is -0.221. The van der Waals surface area contributed by atoms with Crippen LogP contribution in [0.4, 0.5) is 4.39 Å². The van der Waals surface area contributed by atoms with Crippen LogP contribution in [0.25, 0.3) is 0 Å². The van der Waals surface area contributed by atoms with Crippen molar-refractivity contribution in [3.63, 3.8) is 0 Å². The van der Waals surface area contributed by atoms with E-state index in [0.29, 0.717) is 26.4 Å². The van der Waals surface area contributed by atoms with Crippen molar-refractivity contribution in [2.45, 2.75) is 45.4 Å². The molecule has 2 atom stereocenters. The third-order valence-corrected chi connectivity index (χ3v) is 5.01. The van der Waals surface area contributed by atoms with Gasteiger partial charge in [0.1, 0.15) is 5.82 Å². The Kier molecular flexibility index (Phi) is 6.34. The molecule has 4 heteroatoms. The molecule has 0 aliphatic carbocycles. The lowest BCUT2D eigenvalue weighted by atomic mass is 9.83. The Morgan fingerprint density at radius 3 is 2.42 bits per heavy atom. The minimum absolute atomic E-state index is 0.00421. The normalized spacial score (nSPS) is 15.4. The van der Waals surface area contributed by atoms with Crippen LogP contribution in [0, 0.1) is 17.2 Å². The highest BCUT2D eigenvalue weighted by atomic mass is 79.9. The van der Waals surface area contributed by atoms with E-state index in [9.17, 15) is 4.39 Å². The molecular weight excluding hydrogens is 394 g/mol. The molecule has 19 heavy (non-hydrogen) atoms. The number of hydrogen-bond acceptors (Lipinski definition) is 0. The van der Waals surface area contributed by atoms with Gasteiger partial charge in [0.15, 0.2) is 0 Å². The van der Waals surface area contributed by atoms with Crippen molar-refractivity contribution in [2.75, 3.05) is 0 Å². The van der Waals surface area contributed by atoms with Crippen LogP contribution >= 0.6 is 43.5 Å². The Labute approximate surface area is 137 Å². The molecule has 1 aromatic carbocycles. The second-order valence-corrected chi connectivity index (χ2v) is 8.73. The van der Waals surface area contributed by atoms with E-state index in [1.54, 1.807) is 6.07 Å². The first kappa shape index (κ1) is 17.5. The Balaban J connectivity index is 2.78. The van der Waals surface area contributed by atoms with Crippen LogP contribution < -0.4 is 0 Å². The van der Waals surface area contributed by atoms with E-state index in [1.807, 2.05) is 0 Å². The molecule has 2 unspecified atom stereocenters. The molecule has 0 saturated heterocycles. The fourth-order valence-corrected chi connectivity index (χ4v) is 3.86. The summed E-state index contributed by atoms with van der Waals surface area (Å²) in [7, 11) is 0. The number of alkyl halides is 1. The van der Waals surface area contributed by atoms with Gasteiger partial charge in [-0.15, -0.1) is 0 Å². The monoisotopic (exact) mass is 412 g/mol. The molecule has 0 aliphatic rings. The summed E-state index contributed by atoms with van der Waals surface area (Å²) in [5.74, 6) is 0.298. The van der Waals surface area contributed by atoms with Gasteiger partial charge < -0.3 is 0 Å². The predicted molar refractivity (Wildman–Crippen MR) is 88.6 cm³/mol. The van der Waals surface area contributed by atoms with Crippen molar-refractivity contribution in [2.24, 2.45) is 11.3 Å². The van der Waals surface area contributed by atoms with Crippen molar-refractivity contribution in [1.29, 1.82) is 0 Å². The first-order valence-corrected chi connectivity index (χ1v) is 8.47. The van der Waals surface area contributed by atoms with Crippen LogP contribution in [-0.4, -0.2) is 0 Å². The van der Waals surface area contributed by atoms with E-state index in [-0.39, 0.29) is 10.6 Å². The predicted octanol–water partition coefficient (Wildman–Crippen LogP) is 7.14. The topological polar surface area (TPSA) is 0 Å². The second kappa shape index (κ2) is 6.91. The smallest absolute Gasteiger partial charge is 0.128 e. The average Bonchev–Trinajstić information content (AvgIpc) is 2.20. The summed E-state index contributed by atoms with van der Waals surface area (Å²) in [6, 6.07) is 3.13. The highest BCUT2D eigenvalue weighted by Gasteiger charge is 2.21. The quantitative estimate of drug-likeness (QED) is 0.363. The molecule has 0 aliphatic heterocycles. The Bertz CT molecular complexity index is 441. The molecule has 108 valence electrons. The Morgan fingerprint density at radius 1 is 1.32 bits per heavy atom. The van der Waals surface area contributed by atoms with Crippen molar-refractivity contribution in [3.8, 4) is 0 Å². The van der Waals surface area contributed by atoms with E-state index in [1.165, 1.54) is 6.07 Å². The summed E-state index contributed by atoms with van der Waals surface area (Å²) < 4.78 is 14.5. The lowest BCUT2D eigenvalue weighted by Gasteiger charge is -2.25. The Morgan fingerprint density at radius 2 is 1.89 bits per heavy atom. The fraction of sp³-hybridized carbons (Fsp3) is 0.600. The van der Waals surface area contributed by atoms with Crippen LogP contribution in [0.15, 0.2) is 16.6 Å². The van der Waals surface area contributed by atoms with Crippen molar-refractivity contribution in [3.05, 3.63) is 33.0 Å². The molecule has 0 radical (unpaired) electrons. The molecule has 0 spiro atoms. The number of hydrogen-bond donors (Lipinski definition) is 0. The van der Waals surface area contributed by atoms with Gasteiger partial charge in [-0.1, -0.05) is 55.2 Å². The maximum absolute atomic E-state index is 14.0. The maximum Gasteiger partial charge on any atom is 0.128 e. The molecule has 0 fully saturated rings. The van der Waals surface area contributed by atoms with Gasteiger partial charge in [-0.25, -0.2) is 4.39 Å². The van der Waals surface area contributed by atoms with E-state index < -0.39 is 0 Å². The van der Waals surface area contributed by atoms with Gasteiger partial charge in [0, 0.05) is 14.9 Å². The standard InChI is InChI=1S/C15H20Br2ClF/c1-9(8-15(2,3)4)5-11(16)10-6-13(18)12(17)7-14(10)19/h6-7,9,11H,5,8H2,1-4H3. The van der Waals surface area contributed by atoms with Crippen molar-refractivity contribution in [1.82, 2.24) is 0 Å². The van der Waals surface area contributed by atoms with Gasteiger partial charge in [-0.2, -0.15) is 0 Å². The van der Waals surface area contributed by atoms with Gasteiger partial charge in [0.25, 0.3) is 0 Å². The van der Waals surface area contributed by atoms with Crippen LogP contribution in [0.2, 0.25) is 5.02 Å². The Hall–Kier alpha value is 0.400. The molecule has 0 bridgehead atoms. The van der Waals surface area contributed by atoms with Crippen molar-refractivity contribution >= 4 is 43.5 Å². The van der Waals surface area contributed by atoms with Crippen LogP contribution in [-0.2, 0) is 0 Å². The lowest BCUT2D eigenvalue weighted by Crippen LogP contribution is -2.12. The zero-order valence-electron chi connectivity index (χ0n) is 11.7. The summed E-state index contributed by atoms with van der Waals surface area (Å²) in [5, 5.41) is 0.546. The average molecular weight is 415 g/mol. The molecule has 0 nitrogen and oxygen atoms in total. The summed E-state index contributed by atoms with van der Waals surface area (Å²) >= 11 is 12.9. The van der Waals surface area contributed by atoms with E-state index in [2.05, 4.69) is 59.6 Å². The van der Waals surface area contributed by atoms with E-state index in [0.717, 1.165) is 12.8 Å². The second-order valence-electron chi connectivity index (χ2n) is 6.36. The molecule has 0 amide bonds. The van der Waals surface area contributed by atoms with Gasteiger partial charge in [-0.3, -0.25) is 0 Å². The first-order valence-electron chi connectivity index (χ1n) is 6.38. The molecule has 1 aromatic rings. The molecule has 0 aromatic heterocycles.